The largest absolute Gasteiger partial charge is 0.370 e. The highest BCUT2D eigenvalue weighted by Gasteiger charge is 2.11. The van der Waals surface area contributed by atoms with Gasteiger partial charge in [0.25, 0.3) is 5.91 Å². The number of nitrogens with one attached hydrogen (secondary N) is 1. The molecule has 1 aromatic rings. The number of hydrogen-bond acceptors (Lipinski definition) is 3. The van der Waals surface area contributed by atoms with E-state index in [1.54, 1.807) is 19.1 Å². The molecule has 1 heterocycles. The summed E-state index contributed by atoms with van der Waals surface area (Å²) in [5, 5.41) is 2.65. The van der Waals surface area contributed by atoms with Crippen LogP contribution in [0.5, 0.6) is 0 Å². The fraction of sp³-hybridized carbons (Fsp3) is 0.300. The Kier molecular flexibility index (Phi) is 4.42. The second-order valence-corrected chi connectivity index (χ2v) is 4.23. The topological polar surface area (TPSA) is 85.1 Å². The zero-order chi connectivity index (χ0) is 12.1. The third kappa shape index (κ3) is 3.98. The van der Waals surface area contributed by atoms with Gasteiger partial charge in [-0.3, -0.25) is 9.59 Å². The Bertz CT molecular complexity index is 392. The van der Waals surface area contributed by atoms with E-state index in [2.05, 4.69) is 26.2 Å². The Morgan fingerprint density at radius 1 is 1.56 bits per heavy atom. The van der Waals surface area contributed by atoms with Gasteiger partial charge in [0.2, 0.25) is 5.91 Å². The third-order valence-corrected chi connectivity index (χ3v) is 2.34. The molecule has 0 bridgehead atoms. The molecule has 3 N–H and O–H groups in total. The maximum Gasteiger partial charge on any atom is 0.253 e. The van der Waals surface area contributed by atoms with Gasteiger partial charge in [-0.2, -0.15) is 0 Å². The van der Waals surface area contributed by atoms with E-state index in [1.807, 2.05) is 0 Å². The lowest BCUT2D eigenvalue weighted by molar-refractivity contribution is -0.118. The summed E-state index contributed by atoms with van der Waals surface area (Å²) in [6.07, 6.45) is 1.58. The molecule has 16 heavy (non-hydrogen) atoms. The molecule has 0 aromatic carbocycles. The van der Waals surface area contributed by atoms with Gasteiger partial charge in [-0.05, 0) is 35.0 Å². The van der Waals surface area contributed by atoms with E-state index in [4.69, 9.17) is 5.73 Å². The highest BCUT2D eigenvalue weighted by molar-refractivity contribution is 9.10. The van der Waals surface area contributed by atoms with Gasteiger partial charge in [-0.25, -0.2) is 4.98 Å². The molecule has 0 aliphatic rings. The maximum absolute atomic E-state index is 11.6. The zero-order valence-corrected chi connectivity index (χ0v) is 10.3. The Morgan fingerprint density at radius 3 is 2.75 bits per heavy atom. The Morgan fingerprint density at radius 2 is 2.25 bits per heavy atom. The van der Waals surface area contributed by atoms with E-state index in [0.717, 1.165) is 0 Å². The normalized spacial score (nSPS) is 11.9. The summed E-state index contributed by atoms with van der Waals surface area (Å²) in [7, 11) is 0. The number of amides is 2. The number of hydrogen-bond donors (Lipinski definition) is 2. The van der Waals surface area contributed by atoms with Crippen LogP contribution in [-0.4, -0.2) is 22.8 Å². The van der Waals surface area contributed by atoms with Gasteiger partial charge in [0.05, 0.1) is 5.56 Å². The van der Waals surface area contributed by atoms with Gasteiger partial charge in [0.15, 0.2) is 0 Å². The van der Waals surface area contributed by atoms with Crippen molar-refractivity contribution < 1.29 is 9.59 Å². The van der Waals surface area contributed by atoms with Crippen molar-refractivity contribution in [2.24, 2.45) is 5.73 Å². The minimum atomic E-state index is -0.443. The number of nitrogens with two attached hydrogens (primary N) is 1. The molecular weight excluding hydrogens is 274 g/mol. The van der Waals surface area contributed by atoms with Crippen LogP contribution in [-0.2, 0) is 4.79 Å². The van der Waals surface area contributed by atoms with Gasteiger partial charge in [-0.1, -0.05) is 0 Å². The molecule has 86 valence electrons. The average Bonchev–Trinajstić information content (AvgIpc) is 2.16. The lowest BCUT2D eigenvalue weighted by Gasteiger charge is -2.11. The van der Waals surface area contributed by atoms with Crippen LogP contribution < -0.4 is 11.1 Å². The summed E-state index contributed by atoms with van der Waals surface area (Å²) in [4.78, 5) is 26.2. The molecule has 0 aliphatic carbocycles. The summed E-state index contributed by atoms with van der Waals surface area (Å²) < 4.78 is 0.661. The molecule has 0 saturated heterocycles. The van der Waals surface area contributed by atoms with Crippen LogP contribution >= 0.6 is 15.9 Å². The molecule has 1 rings (SSSR count). The highest BCUT2D eigenvalue weighted by Crippen LogP contribution is 2.06. The fourth-order valence-corrected chi connectivity index (χ4v) is 1.40. The first-order valence-electron chi connectivity index (χ1n) is 4.69. The number of carbonyl (C=O) groups is 2. The van der Waals surface area contributed by atoms with Gasteiger partial charge < -0.3 is 11.1 Å². The molecule has 0 spiro atoms. The summed E-state index contributed by atoms with van der Waals surface area (Å²) in [6, 6.07) is 3.03. The van der Waals surface area contributed by atoms with Crippen LogP contribution in [0.4, 0.5) is 0 Å². The van der Waals surface area contributed by atoms with E-state index in [0.29, 0.717) is 10.2 Å². The van der Waals surface area contributed by atoms with Crippen molar-refractivity contribution in [1.82, 2.24) is 10.3 Å². The molecule has 1 atom stereocenters. The second kappa shape index (κ2) is 5.60. The van der Waals surface area contributed by atoms with Crippen molar-refractivity contribution >= 4 is 27.7 Å². The predicted molar refractivity (Wildman–Crippen MR) is 62.7 cm³/mol. The van der Waals surface area contributed by atoms with Gasteiger partial charge in [0.1, 0.15) is 4.60 Å². The van der Waals surface area contributed by atoms with Gasteiger partial charge in [0, 0.05) is 18.7 Å². The van der Waals surface area contributed by atoms with Crippen molar-refractivity contribution in [3.8, 4) is 0 Å². The van der Waals surface area contributed by atoms with Crippen LogP contribution in [0.15, 0.2) is 22.9 Å². The summed E-state index contributed by atoms with van der Waals surface area (Å²) in [6.45, 7) is 1.72. The fourth-order valence-electron chi connectivity index (χ4n) is 1.17. The van der Waals surface area contributed by atoms with E-state index >= 15 is 0 Å². The van der Waals surface area contributed by atoms with Crippen molar-refractivity contribution in [3.63, 3.8) is 0 Å². The summed E-state index contributed by atoms with van der Waals surface area (Å²) in [5.41, 5.74) is 5.46. The number of primary amides is 1. The van der Waals surface area contributed by atoms with Crippen molar-refractivity contribution in [1.29, 1.82) is 0 Å². The van der Waals surface area contributed by atoms with E-state index in [1.165, 1.54) is 6.20 Å². The monoisotopic (exact) mass is 285 g/mol. The van der Waals surface area contributed by atoms with Gasteiger partial charge >= 0.3 is 0 Å². The standard InChI is InChI=1S/C10H12BrN3O2/c1-6(4-9(12)15)14-10(16)7-2-3-8(11)13-5-7/h2-3,5-6H,4H2,1H3,(H2,12,15)(H,14,16). The third-order valence-electron chi connectivity index (χ3n) is 1.87. The second-order valence-electron chi connectivity index (χ2n) is 3.41. The van der Waals surface area contributed by atoms with Crippen molar-refractivity contribution in [2.45, 2.75) is 19.4 Å². The maximum atomic E-state index is 11.6. The smallest absolute Gasteiger partial charge is 0.253 e. The summed E-state index contributed by atoms with van der Waals surface area (Å²) in [5.74, 6) is -0.713. The van der Waals surface area contributed by atoms with E-state index in [9.17, 15) is 9.59 Å². The lowest BCUT2D eigenvalue weighted by Crippen LogP contribution is -2.35. The van der Waals surface area contributed by atoms with Crippen molar-refractivity contribution in [3.05, 3.63) is 28.5 Å². The molecule has 0 aliphatic heterocycles. The number of nitrogens with zero attached hydrogens (tertiary/aromatic N) is 1. The first kappa shape index (κ1) is 12.6. The molecule has 0 radical (unpaired) electrons. The summed E-state index contributed by atoms with van der Waals surface area (Å²) >= 11 is 3.17. The first-order valence-corrected chi connectivity index (χ1v) is 5.49. The van der Waals surface area contributed by atoms with Crippen LogP contribution in [0.1, 0.15) is 23.7 Å². The molecule has 0 fully saturated rings. The molecule has 5 nitrogen and oxygen atoms in total. The van der Waals surface area contributed by atoms with E-state index in [-0.39, 0.29) is 18.4 Å². The van der Waals surface area contributed by atoms with Crippen molar-refractivity contribution in [2.75, 3.05) is 0 Å². The molecule has 1 aromatic heterocycles. The van der Waals surface area contributed by atoms with E-state index < -0.39 is 5.91 Å². The molecular formula is C10H12BrN3O2. The van der Waals surface area contributed by atoms with Crippen LogP contribution in [0.3, 0.4) is 0 Å². The molecule has 2 amide bonds. The number of halogens is 1. The quantitative estimate of drug-likeness (QED) is 0.804. The minimum absolute atomic E-state index is 0.121. The Labute approximate surface area is 102 Å². The highest BCUT2D eigenvalue weighted by atomic mass is 79.9. The Hall–Kier alpha value is -1.43. The number of carbonyl (C=O) groups excluding carboxylic acids is 2. The van der Waals surface area contributed by atoms with Crippen LogP contribution in [0.25, 0.3) is 0 Å². The Balaban J connectivity index is 2.58. The number of pyridine rings is 1. The van der Waals surface area contributed by atoms with Gasteiger partial charge in [-0.15, -0.1) is 0 Å². The predicted octanol–water partition coefficient (Wildman–Crippen LogP) is 0.838. The SMILES string of the molecule is CC(CC(N)=O)NC(=O)c1ccc(Br)nc1. The lowest BCUT2D eigenvalue weighted by atomic mass is 10.2. The minimum Gasteiger partial charge on any atom is -0.370 e. The molecule has 6 heteroatoms. The zero-order valence-electron chi connectivity index (χ0n) is 8.74. The molecule has 1 unspecified atom stereocenters. The van der Waals surface area contributed by atoms with Crippen LogP contribution in [0, 0.1) is 0 Å². The first-order chi connectivity index (χ1) is 7.49. The average molecular weight is 286 g/mol. The number of rotatable bonds is 4. The molecule has 0 saturated carbocycles. The van der Waals surface area contributed by atoms with Crippen LogP contribution in [0.2, 0.25) is 0 Å². The number of aromatic nitrogens is 1.